The molecule has 12 aromatic rings. The molecule has 4 aliphatic carbocycles. The number of hydrogen-bond acceptors (Lipinski definition) is 20. The Morgan fingerprint density at radius 1 is 0.308 bits per heavy atom. The van der Waals surface area contributed by atoms with Gasteiger partial charge in [0.2, 0.25) is 0 Å². The van der Waals surface area contributed by atoms with Crippen LogP contribution in [0.15, 0.2) is 215 Å². The summed E-state index contributed by atoms with van der Waals surface area (Å²) in [4.78, 5) is 81.4. The number of ether oxygens (including phenoxy) is 8. The molecule has 146 heavy (non-hydrogen) atoms. The largest absolute Gasteiger partial charge is 0.469 e. The highest BCUT2D eigenvalue weighted by atomic mass is 79.9. The number of fused-ring (bicyclic) bond motifs is 16. The molecule has 4 aliphatic heterocycles. The maximum atomic E-state index is 12.9. The molecule has 20 atom stereocenters. The third kappa shape index (κ3) is 24.4. The Morgan fingerprint density at radius 2 is 0.521 bits per heavy atom. The van der Waals surface area contributed by atoms with Crippen LogP contribution in [-0.2, 0) is 109 Å². The van der Waals surface area contributed by atoms with Crippen LogP contribution in [0.3, 0.4) is 0 Å². The predicted molar refractivity (Wildman–Crippen MR) is 561 cm³/mol. The third-order valence-electron chi connectivity index (χ3n) is 31.9. The highest BCUT2D eigenvalue weighted by molar-refractivity contribution is 9.10. The van der Waals surface area contributed by atoms with Crippen LogP contribution in [0.25, 0.3) is 63.4 Å². The van der Waals surface area contributed by atoms with Gasteiger partial charge in [-0.3, -0.25) is 19.2 Å². The van der Waals surface area contributed by atoms with E-state index in [2.05, 4.69) is 120 Å². The standard InChI is InChI=1S/2C29H32BrN3O4.2C29H33N3O4/c2*1-31-33-14-13-22-21-5-3-4-6-24(21)32-28(22)26(37-17-18-7-10-20(30)11-8-18)15-23-19(16-33)9-12-25(34)27(23)29(35)36-2;2*1-30-32-15-14-22-21-10-6-7-11-24(21)31-28(22)26(36-18-19-8-4-3-5-9-19)16-23-20(17-32)12-13-25(33)27(23)29(34)35-2/h2*3-8,10-11,19,23,25-27,32,34H,9,12-17H2,2H3;2*3-11,20,23,25-27,31,33H,12-18H2,2H3/t19-,23-,25-,26+,27+;19-,23-,25-,26-,27+;20-,23-,25-,26+,27+;20-,23-,25-,26-,27+/m0000/s1. The zero-order valence-electron chi connectivity index (χ0n) is 83.0. The fourth-order valence-electron chi connectivity index (χ4n) is 24.6. The highest BCUT2D eigenvalue weighted by Gasteiger charge is 2.52. The summed E-state index contributed by atoms with van der Waals surface area (Å²) in [6, 6.07) is 69.1. The summed E-state index contributed by atoms with van der Waals surface area (Å²) >= 11 is 6.98. The number of esters is 4. The molecule has 0 unspecified atom stereocenters. The normalized spacial score (nSPS) is 26.3. The van der Waals surface area contributed by atoms with Crippen molar-refractivity contribution in [3.05, 3.63) is 329 Å². The Balaban J connectivity index is 0.000000133. The number of aliphatic hydroxyl groups is 4. The third-order valence-corrected chi connectivity index (χ3v) is 33.0. The topological polar surface area (TPSA) is 317 Å². The van der Waals surface area contributed by atoms with E-state index in [0.717, 1.165) is 171 Å². The lowest BCUT2D eigenvalue weighted by Gasteiger charge is -2.41. The summed E-state index contributed by atoms with van der Waals surface area (Å²) in [5, 5.41) is 55.3. The van der Waals surface area contributed by atoms with Gasteiger partial charge in [-0.25, -0.2) is 0 Å². The Bertz CT molecular complexity index is 6220. The lowest BCUT2D eigenvalue weighted by Crippen LogP contribution is -2.47. The number of aliphatic hydroxyl groups excluding tert-OH is 4. The molecule has 8 aliphatic rings. The Morgan fingerprint density at radius 3 is 0.740 bits per heavy atom. The van der Waals surface area contributed by atoms with Crippen LogP contribution in [0.4, 0.5) is 0 Å². The first-order valence-corrected chi connectivity index (χ1v) is 52.7. The van der Waals surface area contributed by atoms with Crippen molar-refractivity contribution in [3.63, 3.8) is 0 Å². The zero-order chi connectivity index (χ0) is 102. The van der Waals surface area contributed by atoms with Gasteiger partial charge in [0, 0.05) is 75.3 Å². The molecule has 8 aromatic carbocycles. The lowest BCUT2D eigenvalue weighted by molar-refractivity contribution is -0.159. The van der Waals surface area contributed by atoms with Gasteiger partial charge >= 0.3 is 23.9 Å². The molecule has 0 radical (unpaired) electrons. The Kier molecular flexibility index (Phi) is 35.5. The Hall–Kier alpha value is -12.4. The van der Waals surface area contributed by atoms with E-state index < -0.39 is 60.0 Å². The van der Waals surface area contributed by atoms with Gasteiger partial charge in [-0.05, 0) is 243 Å². The molecule has 0 saturated heterocycles. The minimum absolute atomic E-state index is 0.0753. The number of benzene rings is 8. The van der Waals surface area contributed by atoms with Crippen molar-refractivity contribution in [2.24, 2.45) is 71.0 Å². The molecular weight excluding hydrogens is 1980 g/mol. The van der Waals surface area contributed by atoms with Crippen molar-refractivity contribution in [1.29, 1.82) is 0 Å². The van der Waals surface area contributed by atoms with Gasteiger partial charge in [-0.2, -0.15) is 46.1 Å². The number of carbonyl (C=O) groups excluding carboxylic acids is 4. The summed E-state index contributed by atoms with van der Waals surface area (Å²) < 4.78 is 49.2. The molecular formula is C116H130Br2N12O16. The summed E-state index contributed by atoms with van der Waals surface area (Å²) in [5.41, 5.74) is 17.0. The highest BCUT2D eigenvalue weighted by Crippen LogP contribution is 2.51. The summed E-state index contributed by atoms with van der Waals surface area (Å²) in [5.74, 6) is -4.55. The van der Waals surface area contributed by atoms with Gasteiger partial charge in [-0.1, -0.05) is 190 Å². The smallest absolute Gasteiger partial charge is 0.311 e. The first kappa shape index (κ1) is 105. The molecule has 4 aromatic heterocycles. The van der Waals surface area contributed by atoms with Crippen molar-refractivity contribution in [3.8, 4) is 0 Å². The zero-order valence-corrected chi connectivity index (χ0v) is 86.2. The van der Waals surface area contributed by atoms with Crippen LogP contribution in [0.1, 0.15) is 169 Å². The summed E-state index contributed by atoms with van der Waals surface area (Å²) in [6.07, 6.45) is 5.96. The molecule has 0 spiro atoms. The second-order valence-electron chi connectivity index (χ2n) is 40.1. The van der Waals surface area contributed by atoms with Gasteiger partial charge in [0.05, 0.1) is 180 Å². The van der Waals surface area contributed by atoms with Gasteiger partial charge < -0.3 is 78.3 Å². The number of halogens is 2. The van der Waals surface area contributed by atoms with Crippen LogP contribution in [-0.4, -0.2) is 189 Å². The molecule has 764 valence electrons. The average molecular weight is 2110 g/mol. The van der Waals surface area contributed by atoms with Crippen molar-refractivity contribution in [1.82, 2.24) is 40.0 Å². The number of hydrogen-bond donors (Lipinski definition) is 8. The molecule has 8 heterocycles. The summed E-state index contributed by atoms with van der Waals surface area (Å²) in [6.45, 7) is 37.6. The predicted octanol–water partition coefficient (Wildman–Crippen LogP) is 20.3. The second kappa shape index (κ2) is 49.4. The minimum atomic E-state index is -0.771. The first-order chi connectivity index (χ1) is 71.1. The molecule has 30 heteroatoms. The van der Waals surface area contributed by atoms with Crippen LogP contribution < -0.4 is 0 Å². The number of carbonyl (C=O) groups is 4. The molecule has 8 N–H and O–H groups in total. The van der Waals surface area contributed by atoms with E-state index in [4.69, 9.17) is 64.2 Å². The minimum Gasteiger partial charge on any atom is -0.469 e. The van der Waals surface area contributed by atoms with Gasteiger partial charge in [-0.15, -0.1) is 20.0 Å². The van der Waals surface area contributed by atoms with Gasteiger partial charge in [0.1, 0.15) is 0 Å². The number of para-hydroxylation sites is 4. The second-order valence-corrected chi connectivity index (χ2v) is 42.0. The van der Waals surface area contributed by atoms with E-state index in [1.165, 1.54) is 28.4 Å². The van der Waals surface area contributed by atoms with Gasteiger partial charge in [0.25, 0.3) is 0 Å². The number of rotatable bonds is 16. The van der Waals surface area contributed by atoms with E-state index in [-0.39, 0.29) is 83.7 Å². The molecule has 4 fully saturated rings. The van der Waals surface area contributed by atoms with E-state index in [1.54, 1.807) is 20.0 Å². The summed E-state index contributed by atoms with van der Waals surface area (Å²) in [7, 11) is 5.51. The quantitative estimate of drug-likeness (QED) is 0.0253. The monoisotopic (exact) mass is 2100 g/mol. The van der Waals surface area contributed by atoms with Crippen molar-refractivity contribution < 1.29 is 77.5 Å². The Labute approximate surface area is 869 Å². The lowest BCUT2D eigenvalue weighted by atomic mass is 9.67. The van der Waals surface area contributed by atoms with E-state index >= 15 is 0 Å². The molecule has 4 saturated carbocycles. The van der Waals surface area contributed by atoms with Gasteiger partial charge in [0.15, 0.2) is 0 Å². The first-order valence-electron chi connectivity index (χ1n) is 51.1. The number of aromatic nitrogens is 4. The van der Waals surface area contributed by atoms with Crippen molar-refractivity contribution in [2.45, 2.75) is 178 Å². The van der Waals surface area contributed by atoms with Crippen molar-refractivity contribution in [2.75, 3.05) is 80.8 Å². The number of aromatic amines is 4. The SMILES string of the molecule is [C-]#[N+]N1CCc2c([nH]c3ccccc23)[C@@H](OCc2ccc(Br)cc2)C[C@H]2[C@@H](CC[C@H](O)[C@@H]2C(=O)OC)C1.[C-]#[N+]N1CCc2c([nH]c3ccccc23)[C@@H](OCc2ccccc2)C[C@H]2[C@@H](CC[C@H](O)[C@@H]2C(=O)OC)C1.[C-]#[N+]N1CCc2c([nH]c3ccccc23)[C@H](OCc2ccc(Br)cc2)C[C@H]2[C@@H](CC[C@H](O)[C@@H]2C(=O)OC)C1.[C-]#[N+]N1CCc2c([nH]c3ccccc23)[C@H](OCc2ccccc2)C[C@H]2[C@@H](CC[C@H](O)[C@@H]2C(=O)OC)C1. The number of methoxy groups -OCH3 is 4. The molecule has 20 rings (SSSR count). The van der Waals surface area contributed by atoms with Crippen molar-refractivity contribution >= 4 is 99.3 Å². The maximum Gasteiger partial charge on any atom is 0.311 e. The number of H-pyrrole nitrogens is 4. The fraction of sp³-hybridized carbons (Fsp3) is 0.448. The van der Waals surface area contributed by atoms with Crippen LogP contribution in [0, 0.1) is 97.3 Å². The molecule has 0 bridgehead atoms. The van der Waals surface area contributed by atoms with Crippen LogP contribution in [0.5, 0.6) is 0 Å². The maximum absolute atomic E-state index is 12.9. The average Bonchev–Trinajstić information content (AvgIpc) is 1.50. The van der Waals surface area contributed by atoms with E-state index in [9.17, 15) is 39.6 Å². The van der Waals surface area contributed by atoms with E-state index in [0.29, 0.717) is 130 Å². The number of nitrogens with zero attached hydrogens (tertiary/aromatic N) is 8. The molecule has 0 amide bonds. The van der Waals surface area contributed by atoms with E-state index in [1.807, 2.05) is 158 Å². The fourth-order valence-corrected chi connectivity index (χ4v) is 25.1. The van der Waals surface area contributed by atoms with Crippen LogP contribution in [0.2, 0.25) is 0 Å². The number of nitrogens with one attached hydrogen (secondary N) is 4. The molecule has 28 nitrogen and oxygen atoms in total. The van der Waals surface area contributed by atoms with Crippen LogP contribution >= 0.6 is 31.9 Å².